The summed E-state index contributed by atoms with van der Waals surface area (Å²) in [5.41, 5.74) is 15.6. The van der Waals surface area contributed by atoms with Crippen LogP contribution in [0, 0.1) is 5.92 Å². The van der Waals surface area contributed by atoms with Gasteiger partial charge in [-0.3, -0.25) is 5.43 Å². The molecule has 100 valence electrons. The fraction of sp³-hybridized carbons (Fsp3) is 0.467. The number of aromatic nitrogens is 1. The third-order valence-electron chi connectivity index (χ3n) is 4.76. The van der Waals surface area contributed by atoms with Crippen LogP contribution in [0.3, 0.4) is 0 Å². The number of rotatable bonds is 1. The van der Waals surface area contributed by atoms with E-state index in [-0.39, 0.29) is 0 Å². The number of nitrogens with one attached hydrogen (secondary N) is 3. The SMILES string of the molecule is NC1CCC2C(C1)NNC2c1cccc2[nH]ccc12. The van der Waals surface area contributed by atoms with Crippen LogP contribution in [0.2, 0.25) is 0 Å². The highest BCUT2D eigenvalue weighted by Crippen LogP contribution is 2.39. The lowest BCUT2D eigenvalue weighted by Gasteiger charge is -2.31. The molecular weight excluding hydrogens is 236 g/mol. The van der Waals surface area contributed by atoms with Crippen molar-refractivity contribution < 1.29 is 0 Å². The molecule has 1 aromatic carbocycles. The van der Waals surface area contributed by atoms with Crippen LogP contribution < -0.4 is 16.6 Å². The molecule has 4 rings (SSSR count). The smallest absolute Gasteiger partial charge is 0.0512 e. The third-order valence-corrected chi connectivity index (χ3v) is 4.76. The van der Waals surface area contributed by atoms with Gasteiger partial charge in [0, 0.05) is 29.2 Å². The van der Waals surface area contributed by atoms with Crippen LogP contribution in [0.25, 0.3) is 10.9 Å². The molecule has 2 fully saturated rings. The molecule has 1 saturated carbocycles. The second-order valence-corrected chi connectivity index (χ2v) is 5.90. The lowest BCUT2D eigenvalue weighted by molar-refractivity contribution is 0.281. The highest BCUT2D eigenvalue weighted by atomic mass is 15.4. The van der Waals surface area contributed by atoms with E-state index < -0.39 is 0 Å². The Kier molecular flexibility index (Phi) is 2.62. The van der Waals surface area contributed by atoms with E-state index in [0.29, 0.717) is 24.0 Å². The van der Waals surface area contributed by atoms with E-state index in [1.807, 2.05) is 6.20 Å². The van der Waals surface area contributed by atoms with E-state index in [4.69, 9.17) is 5.73 Å². The van der Waals surface area contributed by atoms with Crippen molar-refractivity contribution in [2.75, 3.05) is 0 Å². The maximum atomic E-state index is 6.08. The predicted molar refractivity (Wildman–Crippen MR) is 76.4 cm³/mol. The predicted octanol–water partition coefficient (Wildman–Crippen LogP) is 1.81. The fourth-order valence-corrected chi connectivity index (χ4v) is 3.78. The minimum atomic E-state index is 0.359. The number of hydrazine groups is 1. The lowest BCUT2D eigenvalue weighted by atomic mass is 9.77. The van der Waals surface area contributed by atoms with Crippen LogP contribution in [0.15, 0.2) is 30.5 Å². The zero-order valence-electron chi connectivity index (χ0n) is 10.9. The molecule has 0 spiro atoms. The number of H-pyrrole nitrogens is 1. The molecule has 1 aliphatic carbocycles. The van der Waals surface area contributed by atoms with Gasteiger partial charge in [0.1, 0.15) is 0 Å². The summed E-state index contributed by atoms with van der Waals surface area (Å²) in [6.07, 6.45) is 5.45. The maximum absolute atomic E-state index is 6.08. The molecule has 0 radical (unpaired) electrons. The van der Waals surface area contributed by atoms with Crippen molar-refractivity contribution in [1.82, 2.24) is 15.8 Å². The minimum Gasteiger partial charge on any atom is -0.361 e. The van der Waals surface area contributed by atoms with Crippen LogP contribution in [0.4, 0.5) is 0 Å². The van der Waals surface area contributed by atoms with Gasteiger partial charge in [-0.15, -0.1) is 0 Å². The molecule has 4 unspecified atom stereocenters. The van der Waals surface area contributed by atoms with Gasteiger partial charge in [0.25, 0.3) is 0 Å². The molecule has 4 heteroatoms. The Hall–Kier alpha value is -1.36. The van der Waals surface area contributed by atoms with E-state index in [1.165, 1.54) is 22.9 Å². The Morgan fingerprint density at radius 2 is 2.05 bits per heavy atom. The van der Waals surface area contributed by atoms with E-state index >= 15 is 0 Å². The topological polar surface area (TPSA) is 65.9 Å². The molecule has 2 heterocycles. The Labute approximate surface area is 112 Å². The highest BCUT2D eigenvalue weighted by Gasteiger charge is 2.40. The van der Waals surface area contributed by atoms with Gasteiger partial charge in [-0.1, -0.05) is 12.1 Å². The van der Waals surface area contributed by atoms with Crippen LogP contribution >= 0.6 is 0 Å². The Morgan fingerprint density at radius 3 is 3.00 bits per heavy atom. The quantitative estimate of drug-likeness (QED) is 0.629. The monoisotopic (exact) mass is 256 g/mol. The summed E-state index contributed by atoms with van der Waals surface area (Å²) in [4.78, 5) is 3.29. The number of fused-ring (bicyclic) bond motifs is 2. The average Bonchev–Trinajstić information content (AvgIpc) is 3.03. The van der Waals surface area contributed by atoms with Gasteiger partial charge in [-0.2, -0.15) is 0 Å². The fourth-order valence-electron chi connectivity index (χ4n) is 3.78. The number of nitrogens with two attached hydrogens (primary N) is 1. The van der Waals surface area contributed by atoms with Gasteiger partial charge in [-0.05, 0) is 42.9 Å². The van der Waals surface area contributed by atoms with Gasteiger partial charge in [-0.25, -0.2) is 5.43 Å². The summed E-state index contributed by atoms with van der Waals surface area (Å²) >= 11 is 0. The molecule has 1 saturated heterocycles. The zero-order valence-corrected chi connectivity index (χ0v) is 10.9. The lowest BCUT2D eigenvalue weighted by Crippen LogP contribution is -2.41. The average molecular weight is 256 g/mol. The molecule has 4 atom stereocenters. The molecule has 19 heavy (non-hydrogen) atoms. The largest absolute Gasteiger partial charge is 0.361 e. The molecule has 2 aromatic rings. The van der Waals surface area contributed by atoms with Crippen molar-refractivity contribution >= 4 is 10.9 Å². The standard InChI is InChI=1S/C15H20N4/c16-9-4-5-12-14(8-9)18-19-15(12)11-2-1-3-13-10(11)6-7-17-13/h1-3,6-7,9,12,14-15,17-19H,4-5,8,16H2. The summed E-state index contributed by atoms with van der Waals surface area (Å²) in [6.45, 7) is 0. The van der Waals surface area contributed by atoms with E-state index in [1.54, 1.807) is 0 Å². The van der Waals surface area contributed by atoms with Crippen molar-refractivity contribution in [1.29, 1.82) is 0 Å². The van der Waals surface area contributed by atoms with Crippen molar-refractivity contribution in [3.8, 4) is 0 Å². The Balaban J connectivity index is 1.71. The van der Waals surface area contributed by atoms with E-state index in [0.717, 1.165) is 12.8 Å². The molecule has 1 aliphatic heterocycles. The first-order chi connectivity index (χ1) is 9.33. The first-order valence-electron chi connectivity index (χ1n) is 7.15. The summed E-state index contributed by atoms with van der Waals surface area (Å²) in [6, 6.07) is 9.96. The second kappa shape index (κ2) is 4.34. The third kappa shape index (κ3) is 1.79. The first kappa shape index (κ1) is 11.5. The molecular formula is C15H20N4. The molecule has 1 aromatic heterocycles. The number of hydrogen-bond acceptors (Lipinski definition) is 3. The van der Waals surface area contributed by atoms with Gasteiger partial charge in [0.2, 0.25) is 0 Å². The van der Waals surface area contributed by atoms with Crippen LogP contribution in [-0.2, 0) is 0 Å². The van der Waals surface area contributed by atoms with Crippen LogP contribution in [0.5, 0.6) is 0 Å². The van der Waals surface area contributed by atoms with Crippen molar-refractivity contribution in [2.24, 2.45) is 11.7 Å². The second-order valence-electron chi connectivity index (χ2n) is 5.90. The minimum absolute atomic E-state index is 0.359. The van der Waals surface area contributed by atoms with Crippen molar-refractivity contribution in [2.45, 2.75) is 37.4 Å². The summed E-state index contributed by atoms with van der Waals surface area (Å²) in [5.74, 6) is 0.653. The Bertz CT molecular complexity index is 591. The summed E-state index contributed by atoms with van der Waals surface area (Å²) < 4.78 is 0. The normalized spacial score (nSPS) is 34.6. The molecule has 4 nitrogen and oxygen atoms in total. The van der Waals surface area contributed by atoms with Crippen LogP contribution in [-0.4, -0.2) is 17.1 Å². The van der Waals surface area contributed by atoms with Gasteiger partial charge < -0.3 is 10.7 Å². The van der Waals surface area contributed by atoms with E-state index in [2.05, 4.69) is 40.1 Å². The number of benzene rings is 1. The first-order valence-corrected chi connectivity index (χ1v) is 7.15. The van der Waals surface area contributed by atoms with E-state index in [9.17, 15) is 0 Å². The Morgan fingerprint density at radius 1 is 1.11 bits per heavy atom. The maximum Gasteiger partial charge on any atom is 0.0512 e. The molecule has 5 N–H and O–H groups in total. The van der Waals surface area contributed by atoms with Gasteiger partial charge >= 0.3 is 0 Å². The van der Waals surface area contributed by atoms with Gasteiger partial charge in [0.05, 0.1) is 6.04 Å². The highest BCUT2D eigenvalue weighted by molar-refractivity contribution is 5.83. The van der Waals surface area contributed by atoms with Crippen molar-refractivity contribution in [3.05, 3.63) is 36.0 Å². The summed E-state index contributed by atoms with van der Waals surface area (Å²) in [5, 5.41) is 1.33. The molecule has 0 bridgehead atoms. The number of aromatic amines is 1. The van der Waals surface area contributed by atoms with Gasteiger partial charge in [0.15, 0.2) is 0 Å². The van der Waals surface area contributed by atoms with Crippen LogP contribution in [0.1, 0.15) is 30.9 Å². The summed E-state index contributed by atoms with van der Waals surface area (Å²) in [7, 11) is 0. The zero-order chi connectivity index (χ0) is 12.8. The number of hydrogen-bond donors (Lipinski definition) is 4. The molecule has 2 aliphatic rings. The van der Waals surface area contributed by atoms with Crippen molar-refractivity contribution in [3.63, 3.8) is 0 Å². The molecule has 0 amide bonds.